The predicted molar refractivity (Wildman–Crippen MR) is 102 cm³/mol. The van der Waals surface area contributed by atoms with Crippen LogP contribution in [0.2, 0.25) is 5.02 Å². The summed E-state index contributed by atoms with van der Waals surface area (Å²) in [5.74, 6) is 1.31. The molecule has 1 heterocycles. The van der Waals surface area contributed by atoms with Gasteiger partial charge < -0.3 is 10.6 Å². The first-order valence-corrected chi connectivity index (χ1v) is 8.39. The van der Waals surface area contributed by atoms with E-state index >= 15 is 0 Å². The number of hydrogen-bond acceptors (Lipinski definition) is 5. The second-order valence-electron chi connectivity index (χ2n) is 6.02. The molecule has 5 nitrogen and oxygen atoms in total. The Kier molecular flexibility index (Phi) is 5.01. The van der Waals surface area contributed by atoms with E-state index in [9.17, 15) is 0 Å². The van der Waals surface area contributed by atoms with Crippen LogP contribution in [0.1, 0.15) is 25.0 Å². The Morgan fingerprint density at radius 1 is 1.12 bits per heavy atom. The molecule has 0 unspecified atom stereocenters. The number of aromatic nitrogens is 2. The van der Waals surface area contributed by atoms with Crippen LogP contribution in [0, 0.1) is 11.3 Å². The van der Waals surface area contributed by atoms with E-state index in [1.807, 2.05) is 44.2 Å². The van der Waals surface area contributed by atoms with Gasteiger partial charge in [-0.3, -0.25) is 0 Å². The van der Waals surface area contributed by atoms with E-state index in [0.717, 1.165) is 22.3 Å². The van der Waals surface area contributed by atoms with Crippen LogP contribution in [0.15, 0.2) is 42.5 Å². The van der Waals surface area contributed by atoms with Gasteiger partial charge in [-0.2, -0.15) is 10.2 Å². The summed E-state index contributed by atoms with van der Waals surface area (Å²) in [5, 5.41) is 17.0. The average molecular weight is 352 g/mol. The quantitative estimate of drug-likeness (QED) is 0.703. The van der Waals surface area contributed by atoms with Gasteiger partial charge in [-0.1, -0.05) is 23.7 Å². The van der Waals surface area contributed by atoms with Crippen LogP contribution in [-0.2, 0) is 6.54 Å². The molecule has 0 amide bonds. The van der Waals surface area contributed by atoms with Crippen LogP contribution in [0.25, 0.3) is 10.9 Å². The molecule has 3 aromatic rings. The van der Waals surface area contributed by atoms with Crippen molar-refractivity contribution >= 4 is 34.3 Å². The number of rotatable bonds is 5. The van der Waals surface area contributed by atoms with E-state index in [-0.39, 0.29) is 6.04 Å². The lowest BCUT2D eigenvalue weighted by atomic mass is 10.1. The number of halogens is 1. The van der Waals surface area contributed by atoms with Gasteiger partial charge in [-0.05, 0) is 49.7 Å². The van der Waals surface area contributed by atoms with Crippen molar-refractivity contribution < 1.29 is 0 Å². The highest BCUT2D eigenvalue weighted by molar-refractivity contribution is 6.31. The first-order valence-electron chi connectivity index (χ1n) is 8.02. The first-order chi connectivity index (χ1) is 12.0. The van der Waals surface area contributed by atoms with Gasteiger partial charge in [-0.25, -0.2) is 4.98 Å². The van der Waals surface area contributed by atoms with Crippen molar-refractivity contribution in [3.63, 3.8) is 0 Å². The SMILES string of the molecule is CC(C)Nc1nc(NCc2ccc(C#N)cc2)c2ccc(Cl)cc2n1. The maximum absolute atomic E-state index is 8.88. The standard InChI is InChI=1S/C19H18ClN5/c1-12(2)23-19-24-17-9-15(20)7-8-16(17)18(25-19)22-11-14-5-3-13(10-21)4-6-14/h3-9,12H,11H2,1-2H3,(H2,22,23,24,25). The summed E-state index contributed by atoms with van der Waals surface area (Å²) < 4.78 is 0. The van der Waals surface area contributed by atoms with Gasteiger partial charge in [0.25, 0.3) is 0 Å². The topological polar surface area (TPSA) is 73.6 Å². The lowest BCUT2D eigenvalue weighted by Gasteiger charge is -2.13. The lowest BCUT2D eigenvalue weighted by molar-refractivity contribution is 0.877. The highest BCUT2D eigenvalue weighted by Gasteiger charge is 2.09. The fourth-order valence-corrected chi connectivity index (χ4v) is 2.61. The largest absolute Gasteiger partial charge is 0.365 e. The molecular formula is C19H18ClN5. The van der Waals surface area contributed by atoms with Crippen LogP contribution < -0.4 is 10.6 Å². The minimum Gasteiger partial charge on any atom is -0.365 e. The Hall–Kier alpha value is -2.84. The maximum Gasteiger partial charge on any atom is 0.225 e. The molecule has 0 bridgehead atoms. The summed E-state index contributed by atoms with van der Waals surface area (Å²) in [6.45, 7) is 4.67. The summed E-state index contributed by atoms with van der Waals surface area (Å²) in [6, 6.07) is 15.4. The van der Waals surface area contributed by atoms with Gasteiger partial charge in [-0.15, -0.1) is 0 Å². The van der Waals surface area contributed by atoms with Gasteiger partial charge in [0.15, 0.2) is 0 Å². The Morgan fingerprint density at radius 3 is 2.56 bits per heavy atom. The van der Waals surface area contributed by atoms with Crippen LogP contribution >= 0.6 is 11.6 Å². The zero-order valence-corrected chi connectivity index (χ0v) is 14.8. The molecule has 25 heavy (non-hydrogen) atoms. The fraction of sp³-hybridized carbons (Fsp3) is 0.211. The van der Waals surface area contributed by atoms with Crippen molar-refractivity contribution in [3.05, 3.63) is 58.6 Å². The monoisotopic (exact) mass is 351 g/mol. The number of nitrogens with one attached hydrogen (secondary N) is 2. The Balaban J connectivity index is 1.91. The van der Waals surface area contributed by atoms with Crippen LogP contribution in [0.5, 0.6) is 0 Å². The molecular weight excluding hydrogens is 334 g/mol. The third-order valence-electron chi connectivity index (χ3n) is 3.62. The van der Waals surface area contributed by atoms with E-state index in [4.69, 9.17) is 16.9 Å². The summed E-state index contributed by atoms with van der Waals surface area (Å²) in [7, 11) is 0. The minimum atomic E-state index is 0.225. The van der Waals surface area contributed by atoms with Crippen molar-refractivity contribution in [3.8, 4) is 6.07 Å². The number of nitrogens with zero attached hydrogens (tertiary/aromatic N) is 3. The summed E-state index contributed by atoms with van der Waals surface area (Å²) in [5.41, 5.74) is 2.50. The van der Waals surface area contributed by atoms with E-state index in [0.29, 0.717) is 23.1 Å². The normalized spacial score (nSPS) is 10.7. The minimum absolute atomic E-state index is 0.225. The molecule has 0 radical (unpaired) electrons. The van der Waals surface area contributed by atoms with Gasteiger partial charge in [0.2, 0.25) is 5.95 Å². The lowest BCUT2D eigenvalue weighted by Crippen LogP contribution is -2.14. The zero-order valence-electron chi connectivity index (χ0n) is 14.0. The molecule has 126 valence electrons. The molecule has 1 aromatic heterocycles. The van der Waals surface area contributed by atoms with Crippen molar-refractivity contribution in [2.24, 2.45) is 0 Å². The van der Waals surface area contributed by atoms with Gasteiger partial charge in [0.1, 0.15) is 5.82 Å². The highest BCUT2D eigenvalue weighted by atomic mass is 35.5. The van der Waals surface area contributed by atoms with Crippen LogP contribution in [0.4, 0.5) is 11.8 Å². The summed E-state index contributed by atoms with van der Waals surface area (Å²) in [6.07, 6.45) is 0. The van der Waals surface area contributed by atoms with Crippen LogP contribution in [0.3, 0.4) is 0 Å². The van der Waals surface area contributed by atoms with Crippen molar-refractivity contribution in [2.75, 3.05) is 10.6 Å². The molecule has 0 aliphatic carbocycles. The van der Waals surface area contributed by atoms with E-state index in [1.165, 1.54) is 0 Å². The van der Waals surface area contributed by atoms with Gasteiger partial charge in [0.05, 0.1) is 17.1 Å². The molecule has 0 atom stereocenters. The Bertz CT molecular complexity index is 929. The van der Waals surface area contributed by atoms with E-state index in [1.54, 1.807) is 12.1 Å². The second kappa shape index (κ2) is 7.37. The van der Waals surface area contributed by atoms with E-state index in [2.05, 4.69) is 26.7 Å². The summed E-state index contributed by atoms with van der Waals surface area (Å²) >= 11 is 6.10. The fourth-order valence-electron chi connectivity index (χ4n) is 2.44. The molecule has 2 aromatic carbocycles. The second-order valence-corrected chi connectivity index (χ2v) is 6.46. The van der Waals surface area contributed by atoms with Crippen molar-refractivity contribution in [1.29, 1.82) is 5.26 Å². The molecule has 6 heteroatoms. The maximum atomic E-state index is 8.88. The highest BCUT2D eigenvalue weighted by Crippen LogP contribution is 2.25. The molecule has 0 saturated carbocycles. The third kappa shape index (κ3) is 4.17. The smallest absolute Gasteiger partial charge is 0.225 e. The van der Waals surface area contributed by atoms with Crippen molar-refractivity contribution in [2.45, 2.75) is 26.4 Å². The number of anilines is 2. The number of fused-ring (bicyclic) bond motifs is 1. The average Bonchev–Trinajstić information content (AvgIpc) is 2.59. The molecule has 3 rings (SSSR count). The number of nitriles is 1. The molecule has 0 fully saturated rings. The van der Waals surface area contributed by atoms with Crippen LogP contribution in [-0.4, -0.2) is 16.0 Å². The van der Waals surface area contributed by atoms with E-state index < -0.39 is 0 Å². The third-order valence-corrected chi connectivity index (χ3v) is 3.85. The molecule has 2 N–H and O–H groups in total. The molecule has 0 saturated heterocycles. The molecule has 0 aliphatic rings. The van der Waals surface area contributed by atoms with Crippen molar-refractivity contribution in [1.82, 2.24) is 9.97 Å². The molecule has 0 spiro atoms. The summed E-state index contributed by atoms with van der Waals surface area (Å²) in [4.78, 5) is 9.12. The predicted octanol–water partition coefficient (Wildman–Crippen LogP) is 4.59. The Morgan fingerprint density at radius 2 is 1.88 bits per heavy atom. The Labute approximate surface area is 151 Å². The molecule has 0 aliphatic heterocycles. The van der Waals surface area contributed by atoms with Gasteiger partial charge in [0, 0.05) is 23.0 Å². The number of hydrogen-bond donors (Lipinski definition) is 2. The zero-order chi connectivity index (χ0) is 17.8. The van der Waals surface area contributed by atoms with Gasteiger partial charge >= 0.3 is 0 Å². The first kappa shape index (κ1) is 17.0. The number of benzene rings is 2.